The highest BCUT2D eigenvalue weighted by Crippen LogP contribution is 1.98. The Balaban J connectivity index is 2.37. The number of nitrogens with zero attached hydrogens (tertiary/aromatic N) is 2. The lowest BCUT2D eigenvalue weighted by molar-refractivity contribution is 0.135. The van der Waals surface area contributed by atoms with E-state index >= 15 is 0 Å². The fourth-order valence-corrected chi connectivity index (χ4v) is 1.26. The molecule has 0 saturated carbocycles. The van der Waals surface area contributed by atoms with Crippen molar-refractivity contribution in [1.29, 1.82) is 0 Å². The Morgan fingerprint density at radius 1 is 1.50 bits per heavy atom. The lowest BCUT2D eigenvalue weighted by Crippen LogP contribution is -2.17. The molecule has 0 radical (unpaired) electrons. The second-order valence-corrected chi connectivity index (χ2v) is 3.02. The van der Waals surface area contributed by atoms with Crippen molar-refractivity contribution in [2.75, 3.05) is 19.8 Å². The van der Waals surface area contributed by atoms with E-state index in [-0.39, 0.29) is 0 Å². The Morgan fingerprint density at radius 3 is 3.07 bits per heavy atom. The van der Waals surface area contributed by atoms with Gasteiger partial charge in [0, 0.05) is 19.3 Å². The number of aromatic nitrogens is 2. The number of rotatable bonds is 7. The van der Waals surface area contributed by atoms with E-state index in [1.54, 1.807) is 0 Å². The van der Waals surface area contributed by atoms with Crippen LogP contribution in [0.2, 0.25) is 0 Å². The molecule has 14 heavy (non-hydrogen) atoms. The maximum absolute atomic E-state index is 5.29. The zero-order valence-corrected chi connectivity index (χ0v) is 8.99. The van der Waals surface area contributed by atoms with Crippen LogP contribution in [0.15, 0.2) is 12.3 Å². The Bertz CT molecular complexity index is 247. The average molecular weight is 197 g/mol. The number of nitrogens with one attached hydrogen (secondary N) is 1. The highest BCUT2D eigenvalue weighted by molar-refractivity contribution is 4.99. The van der Waals surface area contributed by atoms with E-state index in [0.717, 1.165) is 32.8 Å². The van der Waals surface area contributed by atoms with Crippen LogP contribution >= 0.6 is 0 Å². The first kappa shape index (κ1) is 11.2. The van der Waals surface area contributed by atoms with Crippen LogP contribution in [0.4, 0.5) is 0 Å². The van der Waals surface area contributed by atoms with Crippen molar-refractivity contribution in [3.63, 3.8) is 0 Å². The van der Waals surface area contributed by atoms with Gasteiger partial charge in [-0.25, -0.2) is 0 Å². The van der Waals surface area contributed by atoms with Crippen LogP contribution in [0.5, 0.6) is 0 Å². The van der Waals surface area contributed by atoms with Crippen molar-refractivity contribution < 1.29 is 4.74 Å². The zero-order valence-electron chi connectivity index (χ0n) is 8.99. The van der Waals surface area contributed by atoms with E-state index < -0.39 is 0 Å². The number of hydrogen-bond acceptors (Lipinski definition) is 3. The van der Waals surface area contributed by atoms with Crippen LogP contribution in [-0.4, -0.2) is 29.5 Å². The van der Waals surface area contributed by atoms with Crippen LogP contribution < -0.4 is 5.32 Å². The minimum atomic E-state index is 0.733. The lowest BCUT2D eigenvalue weighted by atomic mass is 10.4. The Labute approximate surface area is 85.3 Å². The first-order valence-corrected chi connectivity index (χ1v) is 5.17. The highest BCUT2D eigenvalue weighted by atomic mass is 16.5. The third kappa shape index (κ3) is 3.47. The summed E-state index contributed by atoms with van der Waals surface area (Å²) in [5.41, 5.74) is 1.21. The van der Waals surface area contributed by atoms with Gasteiger partial charge in [0.2, 0.25) is 0 Å². The fourth-order valence-electron chi connectivity index (χ4n) is 1.26. The summed E-state index contributed by atoms with van der Waals surface area (Å²) in [6.45, 7) is 8.30. The van der Waals surface area contributed by atoms with Gasteiger partial charge in [-0.3, -0.25) is 4.68 Å². The topological polar surface area (TPSA) is 39.1 Å². The van der Waals surface area contributed by atoms with Crippen molar-refractivity contribution in [3.8, 4) is 0 Å². The van der Waals surface area contributed by atoms with E-state index in [4.69, 9.17) is 4.74 Å². The molecule has 0 atom stereocenters. The largest absolute Gasteiger partial charge is 0.380 e. The Hall–Kier alpha value is -0.870. The summed E-state index contributed by atoms with van der Waals surface area (Å²) in [5.74, 6) is 0. The van der Waals surface area contributed by atoms with Gasteiger partial charge in [0.05, 0.1) is 18.8 Å². The van der Waals surface area contributed by atoms with Crippen LogP contribution in [0.25, 0.3) is 0 Å². The van der Waals surface area contributed by atoms with Crippen molar-refractivity contribution in [2.24, 2.45) is 0 Å². The van der Waals surface area contributed by atoms with Crippen LogP contribution in [0, 0.1) is 0 Å². The molecule has 0 saturated heterocycles. The fraction of sp³-hybridized carbons (Fsp3) is 0.700. The highest BCUT2D eigenvalue weighted by Gasteiger charge is 2.00. The second-order valence-electron chi connectivity index (χ2n) is 3.02. The van der Waals surface area contributed by atoms with Crippen LogP contribution in [0.1, 0.15) is 19.5 Å². The normalized spacial score (nSPS) is 10.7. The molecule has 0 bridgehead atoms. The summed E-state index contributed by atoms with van der Waals surface area (Å²) in [7, 11) is 0. The van der Waals surface area contributed by atoms with Gasteiger partial charge in [-0.2, -0.15) is 5.10 Å². The Morgan fingerprint density at radius 2 is 2.36 bits per heavy atom. The standard InChI is InChI=1S/C10H19N3O/c1-3-11-9-10-5-6-12-13(10)7-8-14-4-2/h5-6,11H,3-4,7-9H2,1-2H3. The molecule has 1 aromatic heterocycles. The van der Waals surface area contributed by atoms with Gasteiger partial charge in [-0.05, 0) is 19.5 Å². The van der Waals surface area contributed by atoms with Crippen LogP contribution in [0.3, 0.4) is 0 Å². The Kier molecular flexibility index (Phi) is 5.25. The maximum atomic E-state index is 5.29. The molecule has 0 aliphatic heterocycles. The predicted octanol–water partition coefficient (Wildman–Crippen LogP) is 1.03. The third-order valence-corrected chi connectivity index (χ3v) is 2.01. The maximum Gasteiger partial charge on any atom is 0.0662 e. The monoisotopic (exact) mass is 197 g/mol. The number of ether oxygens (including phenoxy) is 1. The van der Waals surface area contributed by atoms with Crippen molar-refractivity contribution >= 4 is 0 Å². The quantitative estimate of drug-likeness (QED) is 0.664. The molecule has 1 aromatic rings. The first-order valence-electron chi connectivity index (χ1n) is 5.17. The van der Waals surface area contributed by atoms with Gasteiger partial charge < -0.3 is 10.1 Å². The second kappa shape index (κ2) is 6.56. The molecule has 1 N–H and O–H groups in total. The molecule has 1 rings (SSSR count). The molecule has 1 heterocycles. The SMILES string of the molecule is CCNCc1ccnn1CCOCC. The van der Waals surface area contributed by atoms with E-state index in [2.05, 4.69) is 17.3 Å². The van der Waals surface area contributed by atoms with Crippen molar-refractivity contribution in [3.05, 3.63) is 18.0 Å². The lowest BCUT2D eigenvalue weighted by Gasteiger charge is -2.07. The molecular formula is C10H19N3O. The summed E-state index contributed by atoms with van der Waals surface area (Å²) in [5, 5.41) is 7.52. The number of hydrogen-bond donors (Lipinski definition) is 1. The summed E-state index contributed by atoms with van der Waals surface area (Å²) >= 11 is 0. The summed E-state index contributed by atoms with van der Waals surface area (Å²) in [4.78, 5) is 0. The molecule has 0 unspecified atom stereocenters. The molecule has 0 aliphatic carbocycles. The molecular weight excluding hydrogens is 178 g/mol. The third-order valence-electron chi connectivity index (χ3n) is 2.01. The smallest absolute Gasteiger partial charge is 0.0662 e. The van der Waals surface area contributed by atoms with Crippen LogP contribution in [-0.2, 0) is 17.8 Å². The van der Waals surface area contributed by atoms with Gasteiger partial charge in [0.15, 0.2) is 0 Å². The first-order chi connectivity index (χ1) is 6.88. The van der Waals surface area contributed by atoms with Crippen molar-refractivity contribution in [1.82, 2.24) is 15.1 Å². The van der Waals surface area contributed by atoms with E-state index in [1.165, 1.54) is 5.69 Å². The zero-order chi connectivity index (χ0) is 10.2. The van der Waals surface area contributed by atoms with Crippen molar-refractivity contribution in [2.45, 2.75) is 26.9 Å². The van der Waals surface area contributed by atoms with E-state index in [1.807, 2.05) is 23.9 Å². The van der Waals surface area contributed by atoms with E-state index in [0.29, 0.717) is 0 Å². The summed E-state index contributed by atoms with van der Waals surface area (Å²) < 4.78 is 7.27. The van der Waals surface area contributed by atoms with Gasteiger partial charge in [-0.15, -0.1) is 0 Å². The molecule has 0 amide bonds. The van der Waals surface area contributed by atoms with E-state index in [9.17, 15) is 0 Å². The minimum Gasteiger partial charge on any atom is -0.380 e. The molecule has 80 valence electrons. The molecule has 4 nitrogen and oxygen atoms in total. The molecule has 4 heteroatoms. The average Bonchev–Trinajstić information content (AvgIpc) is 2.63. The van der Waals surface area contributed by atoms with Gasteiger partial charge in [0.25, 0.3) is 0 Å². The van der Waals surface area contributed by atoms with Gasteiger partial charge in [0.1, 0.15) is 0 Å². The summed E-state index contributed by atoms with van der Waals surface area (Å²) in [6.07, 6.45) is 1.83. The predicted molar refractivity (Wildman–Crippen MR) is 56.1 cm³/mol. The molecule has 0 aliphatic rings. The molecule has 0 spiro atoms. The van der Waals surface area contributed by atoms with Gasteiger partial charge >= 0.3 is 0 Å². The summed E-state index contributed by atoms with van der Waals surface area (Å²) in [6, 6.07) is 2.04. The molecule has 0 aromatic carbocycles. The molecule has 0 fully saturated rings. The minimum absolute atomic E-state index is 0.733. The van der Waals surface area contributed by atoms with Gasteiger partial charge in [-0.1, -0.05) is 6.92 Å².